The molecule has 16 atom stereocenters. The summed E-state index contributed by atoms with van der Waals surface area (Å²) in [5, 5.41) is 0.415. The number of allylic oxidation sites excluding steroid dienone is 44. The van der Waals surface area contributed by atoms with Gasteiger partial charge in [0.15, 0.2) is 0 Å². The maximum absolute atomic E-state index is 14.4. The second kappa shape index (κ2) is 33.6. The first-order valence-corrected chi connectivity index (χ1v) is 47.0. The van der Waals surface area contributed by atoms with Crippen molar-refractivity contribution in [1.82, 2.24) is 0 Å². The van der Waals surface area contributed by atoms with E-state index < -0.39 is 0 Å². The molecule has 16 aliphatic carbocycles. The number of anilines is 2. The van der Waals surface area contributed by atoms with Crippen molar-refractivity contribution in [3.63, 3.8) is 0 Å². The molecular weight excluding hydrogens is 1500 g/mol. The summed E-state index contributed by atoms with van der Waals surface area (Å²) in [6.45, 7) is 8.09. The molecule has 1 aliphatic heterocycles. The van der Waals surface area contributed by atoms with Crippen molar-refractivity contribution in [2.45, 2.75) is 199 Å². The van der Waals surface area contributed by atoms with Gasteiger partial charge in [0.2, 0.25) is 0 Å². The number of halogens is 2. The SMILES string of the molecule is C=CC1=CCC(OC2C=CC(C3(C4=CCCC=C4)c4cc(N(C5=CCC(C6=CCCC(c7ccc(F)cc7)=C6)CC5)C5=CC6c7cc(N(C8=CC=C(C9=CC(C%10C=CC(F)=CC%10)=CCC9)CC8)C8=CC9C(CC8)C8C=CC=CC8C9(c8ccccc8)C8C=CC(OC9=CC=C(C=C)CC9)=CC8)ccc7SC6CC5)ccc4C4CCC=CC43)CC2)C=C1. The third kappa shape index (κ3) is 14.6. The monoisotopic (exact) mass is 1610 g/mol. The minimum absolute atomic E-state index is 0.0636. The van der Waals surface area contributed by atoms with Gasteiger partial charge in [-0.05, 0) is 352 Å². The second-order valence-electron chi connectivity index (χ2n) is 37.2. The number of benzene rings is 4. The van der Waals surface area contributed by atoms with Gasteiger partial charge < -0.3 is 19.3 Å². The number of rotatable bonds is 20. The molecule has 1 heterocycles. The Bertz CT molecular complexity index is 5610. The highest BCUT2D eigenvalue weighted by atomic mass is 32.2. The normalized spacial score (nSPS) is 32.2. The highest BCUT2D eigenvalue weighted by molar-refractivity contribution is 8.00. The van der Waals surface area contributed by atoms with E-state index in [1.54, 1.807) is 35.4 Å². The molecule has 4 aromatic carbocycles. The van der Waals surface area contributed by atoms with Crippen molar-refractivity contribution in [3.8, 4) is 0 Å². The zero-order valence-electron chi connectivity index (χ0n) is 70.1. The fraction of sp³-hybridized carbons (Fsp3) is 0.351. The Labute approximate surface area is 721 Å². The molecule has 0 N–H and O–H groups in total. The van der Waals surface area contributed by atoms with Crippen molar-refractivity contribution in [2.24, 2.45) is 53.3 Å². The first-order valence-electron chi connectivity index (χ1n) is 46.2. The number of ether oxygens (including phenoxy) is 2. The number of hydrogen-bond acceptors (Lipinski definition) is 5. The van der Waals surface area contributed by atoms with Crippen LogP contribution in [0.15, 0.2) is 389 Å². The number of hydrogen-bond donors (Lipinski definition) is 0. The predicted octanol–water partition coefficient (Wildman–Crippen LogP) is 29.4. The summed E-state index contributed by atoms with van der Waals surface area (Å²) >= 11 is 2.13. The van der Waals surface area contributed by atoms with Crippen LogP contribution in [0.2, 0.25) is 0 Å². The van der Waals surface area contributed by atoms with Crippen molar-refractivity contribution in [3.05, 3.63) is 417 Å². The molecule has 0 amide bonds. The van der Waals surface area contributed by atoms with E-state index in [0.717, 1.165) is 165 Å². The van der Waals surface area contributed by atoms with Gasteiger partial charge >= 0.3 is 0 Å². The van der Waals surface area contributed by atoms with Crippen LogP contribution in [0.25, 0.3) is 5.57 Å². The highest BCUT2D eigenvalue weighted by Gasteiger charge is 2.63. The molecule has 0 spiro atoms. The standard InChI is InChI=1S/C114H114F2N2O2S/c1-3-75-29-57-97(58-30-75)119-99-61-41-87(42-62-99)113(85-21-7-5-8-22-85)107-27-13-11-25-101(107)103-65-53-95(73-109(103)113)117(91-49-37-79(38-50-91)83-19-15-17-81(69-83)77-33-45-89(115)46-34-77)93-55-67-111-105(71-93)106-72-94(56-68-112(106)121-111)118(92-51-39-80(40-52-92)84-20-16-18-82(70-84)78-35-47-90(116)48-36-78)96-54-66-104-102-26-12-14-28-108(102)114(110(104)74-96,86-23-9-6-10-24-86)88-43-63-100(64-44-88)120-98-59-31-76(4-2)32-60-98/h3-5,7-9,11,13-14,17,20-25,27-29,31-33,35-37,41,43,45-49,51,54-55,57,59,61-63,66-67,69-74,77,80,87-88,98,100-103,106-109,112H,1-2,6,10,12,15-16,18-19,26,30,34,38-40,42,44,50,52-53,56,58,60,64-65,68H2. The smallest absolute Gasteiger partial charge is 0.123 e. The molecule has 0 radical (unpaired) electrons. The van der Waals surface area contributed by atoms with Crippen LogP contribution in [-0.2, 0) is 20.3 Å². The van der Waals surface area contributed by atoms with E-state index in [2.05, 4.69) is 278 Å². The lowest BCUT2D eigenvalue weighted by Crippen LogP contribution is -2.45. The molecule has 121 heavy (non-hydrogen) atoms. The molecule has 7 heteroatoms. The number of fused-ring (bicyclic) bond motifs is 9. The Morgan fingerprint density at radius 3 is 2.12 bits per heavy atom. The molecule has 1 fully saturated rings. The molecule has 612 valence electrons. The van der Waals surface area contributed by atoms with Crippen LogP contribution >= 0.6 is 11.8 Å². The molecule has 16 unspecified atom stereocenters. The molecule has 0 bridgehead atoms. The van der Waals surface area contributed by atoms with Gasteiger partial charge in [-0.3, -0.25) is 0 Å². The molecule has 4 nitrogen and oxygen atoms in total. The average molecular weight is 1610 g/mol. The zero-order valence-corrected chi connectivity index (χ0v) is 70.9. The third-order valence-corrected chi connectivity index (χ3v) is 32.4. The van der Waals surface area contributed by atoms with E-state index in [-0.39, 0.29) is 58.4 Å². The summed E-state index contributed by atoms with van der Waals surface area (Å²) in [7, 11) is 0. The van der Waals surface area contributed by atoms with Crippen LogP contribution < -0.4 is 9.80 Å². The van der Waals surface area contributed by atoms with E-state index in [1.807, 2.05) is 24.3 Å². The topological polar surface area (TPSA) is 24.9 Å². The first-order chi connectivity index (χ1) is 59.6. The van der Waals surface area contributed by atoms with Crippen LogP contribution in [-0.4, -0.2) is 17.5 Å². The molecule has 0 saturated heterocycles. The fourth-order valence-corrected chi connectivity index (χ4v) is 26.7. The number of nitrogens with zero attached hydrogens (tertiary/aromatic N) is 2. The average Bonchev–Trinajstić information content (AvgIpc) is 1.55. The third-order valence-electron chi connectivity index (χ3n) is 30.9. The van der Waals surface area contributed by atoms with E-state index >= 15 is 0 Å². The predicted molar refractivity (Wildman–Crippen MR) is 497 cm³/mol. The lowest BCUT2D eigenvalue weighted by atomic mass is 9.56. The van der Waals surface area contributed by atoms with Crippen molar-refractivity contribution < 1.29 is 18.3 Å². The molecule has 17 aliphatic rings. The van der Waals surface area contributed by atoms with Gasteiger partial charge in [-0.1, -0.05) is 226 Å². The summed E-state index contributed by atoms with van der Waals surface area (Å²) in [6.07, 6.45) is 102. The molecular formula is C114H114F2N2O2S. The summed E-state index contributed by atoms with van der Waals surface area (Å²) in [4.78, 5) is 7.02. The minimum Gasteiger partial charge on any atom is -0.462 e. The van der Waals surface area contributed by atoms with Gasteiger partial charge in [-0.2, -0.15) is 0 Å². The van der Waals surface area contributed by atoms with Crippen LogP contribution in [0.1, 0.15) is 194 Å². The molecule has 21 rings (SSSR count). The second-order valence-corrected chi connectivity index (χ2v) is 38.4. The lowest BCUT2D eigenvalue weighted by molar-refractivity contribution is 0.0282. The van der Waals surface area contributed by atoms with Crippen molar-refractivity contribution >= 4 is 28.7 Å². The molecule has 1 saturated carbocycles. The summed E-state index contributed by atoms with van der Waals surface area (Å²) in [6, 6.07) is 34.5. The van der Waals surface area contributed by atoms with E-state index in [1.165, 1.54) is 94.8 Å². The van der Waals surface area contributed by atoms with Crippen LogP contribution in [0.4, 0.5) is 20.2 Å². The van der Waals surface area contributed by atoms with Crippen LogP contribution in [0, 0.1) is 59.1 Å². The van der Waals surface area contributed by atoms with Gasteiger partial charge in [0.25, 0.3) is 0 Å². The van der Waals surface area contributed by atoms with Gasteiger partial charge in [-0.25, -0.2) is 8.78 Å². The van der Waals surface area contributed by atoms with Gasteiger partial charge in [0, 0.05) is 73.4 Å². The highest BCUT2D eigenvalue weighted by Crippen LogP contribution is 2.68. The molecule has 4 aromatic rings. The fourth-order valence-electron chi connectivity index (χ4n) is 25.3. The Hall–Kier alpha value is -10.1. The lowest BCUT2D eigenvalue weighted by Gasteiger charge is -2.48. The van der Waals surface area contributed by atoms with Crippen molar-refractivity contribution in [2.75, 3.05) is 9.80 Å². The quantitative estimate of drug-likeness (QED) is 0.0822. The molecule has 0 aromatic heterocycles. The largest absolute Gasteiger partial charge is 0.462 e. The van der Waals surface area contributed by atoms with Gasteiger partial charge in [0.05, 0.1) is 12.2 Å². The van der Waals surface area contributed by atoms with Crippen molar-refractivity contribution in [1.29, 1.82) is 0 Å². The van der Waals surface area contributed by atoms with Gasteiger partial charge in [-0.15, -0.1) is 11.8 Å². The summed E-state index contributed by atoms with van der Waals surface area (Å²) < 4.78 is 42.5. The Balaban J connectivity index is 0.673. The maximum atomic E-state index is 14.4. The summed E-state index contributed by atoms with van der Waals surface area (Å²) in [5.74, 6) is 5.16. The Morgan fingerprint density at radius 1 is 0.504 bits per heavy atom. The van der Waals surface area contributed by atoms with E-state index in [0.29, 0.717) is 53.1 Å². The number of thioether (sulfide) groups is 1. The zero-order chi connectivity index (χ0) is 81.1. The van der Waals surface area contributed by atoms with Crippen LogP contribution in [0.5, 0.6) is 0 Å². The Morgan fingerprint density at radius 2 is 1.35 bits per heavy atom. The van der Waals surface area contributed by atoms with Crippen LogP contribution in [0.3, 0.4) is 0 Å². The van der Waals surface area contributed by atoms with E-state index in [4.69, 9.17) is 9.47 Å². The maximum Gasteiger partial charge on any atom is 0.123 e. The Kier molecular flexibility index (Phi) is 21.7. The van der Waals surface area contributed by atoms with E-state index in [9.17, 15) is 8.78 Å². The first kappa shape index (κ1) is 78.2. The van der Waals surface area contributed by atoms with Gasteiger partial charge in [0.1, 0.15) is 23.2 Å². The minimum atomic E-state index is -0.244. The summed E-state index contributed by atoms with van der Waals surface area (Å²) in [5.41, 5.74) is 25.7.